The van der Waals surface area contributed by atoms with Crippen molar-refractivity contribution >= 4 is 23.6 Å². The molecule has 2 aromatic carbocycles. The Morgan fingerprint density at radius 1 is 1.06 bits per heavy atom. The van der Waals surface area contributed by atoms with Crippen LogP contribution in [0.25, 0.3) is 6.08 Å². The zero-order chi connectivity index (χ0) is 23.9. The molecule has 0 atom stereocenters. The zero-order valence-corrected chi connectivity index (χ0v) is 20.5. The fraction of sp³-hybridized carbons (Fsp3) is 0.333. The molecular formula is C27H31ClN4O2. The smallest absolute Gasteiger partial charge is 0.244 e. The lowest BCUT2D eigenvalue weighted by molar-refractivity contribution is -0.116. The molecular weight excluding hydrogens is 448 g/mol. The van der Waals surface area contributed by atoms with Crippen LogP contribution in [0.2, 0.25) is 5.15 Å². The van der Waals surface area contributed by atoms with Crippen molar-refractivity contribution in [3.63, 3.8) is 0 Å². The predicted octanol–water partition coefficient (Wildman–Crippen LogP) is 4.36. The minimum Gasteiger partial charge on any atom is -0.379 e. The van der Waals surface area contributed by atoms with E-state index in [2.05, 4.69) is 58.6 Å². The first-order valence-electron chi connectivity index (χ1n) is 11.6. The Hall–Kier alpha value is -2.93. The van der Waals surface area contributed by atoms with E-state index >= 15 is 0 Å². The maximum atomic E-state index is 12.5. The van der Waals surface area contributed by atoms with Crippen LogP contribution in [0.15, 0.2) is 54.6 Å². The summed E-state index contributed by atoms with van der Waals surface area (Å²) in [4.78, 5) is 14.9. The number of morpholine rings is 1. The Morgan fingerprint density at radius 2 is 1.76 bits per heavy atom. The van der Waals surface area contributed by atoms with Crippen molar-refractivity contribution in [3.8, 4) is 0 Å². The van der Waals surface area contributed by atoms with Gasteiger partial charge >= 0.3 is 0 Å². The summed E-state index contributed by atoms with van der Waals surface area (Å²) in [6.45, 7) is 9.29. The van der Waals surface area contributed by atoms with E-state index in [0.29, 0.717) is 18.2 Å². The molecule has 0 saturated carbocycles. The van der Waals surface area contributed by atoms with Crippen LogP contribution in [-0.4, -0.2) is 46.9 Å². The summed E-state index contributed by atoms with van der Waals surface area (Å²) >= 11 is 6.58. The molecule has 0 aliphatic carbocycles. The van der Waals surface area contributed by atoms with Crippen LogP contribution >= 0.6 is 11.6 Å². The number of benzene rings is 2. The molecule has 34 heavy (non-hydrogen) atoms. The van der Waals surface area contributed by atoms with E-state index in [1.807, 2.05) is 19.1 Å². The fourth-order valence-corrected chi connectivity index (χ4v) is 4.31. The monoisotopic (exact) mass is 478 g/mol. The molecule has 1 fully saturated rings. The van der Waals surface area contributed by atoms with Crippen molar-refractivity contribution in [2.75, 3.05) is 26.3 Å². The molecule has 6 nitrogen and oxygen atoms in total. The molecule has 1 N–H and O–H groups in total. The summed E-state index contributed by atoms with van der Waals surface area (Å²) in [5.41, 5.74) is 6.23. The SMILES string of the molecule is Cc1ccc(Cn2nc(C)c(/C=C/C(=O)NCc3ccccc3CN3CCOCC3)c2Cl)cc1. The van der Waals surface area contributed by atoms with Gasteiger partial charge in [0.1, 0.15) is 5.15 Å². The van der Waals surface area contributed by atoms with Gasteiger partial charge in [0, 0.05) is 37.8 Å². The third-order valence-corrected chi connectivity index (χ3v) is 6.43. The summed E-state index contributed by atoms with van der Waals surface area (Å²) in [7, 11) is 0. The van der Waals surface area contributed by atoms with Crippen LogP contribution < -0.4 is 5.32 Å². The molecule has 4 rings (SSSR count). The largest absolute Gasteiger partial charge is 0.379 e. The highest BCUT2D eigenvalue weighted by atomic mass is 35.5. The highest BCUT2D eigenvalue weighted by molar-refractivity contribution is 6.31. The molecule has 1 aromatic heterocycles. The number of halogens is 1. The standard InChI is InChI=1S/C27H31ClN4O2/c1-20-7-9-22(10-8-20)18-32-27(28)25(21(2)30-32)11-12-26(33)29-17-23-5-3-4-6-24(23)19-31-13-15-34-16-14-31/h3-12H,13-19H2,1-2H3,(H,29,33)/b12-11+. The number of aryl methyl sites for hydroxylation is 2. The number of aromatic nitrogens is 2. The van der Waals surface area contributed by atoms with Crippen LogP contribution in [0.3, 0.4) is 0 Å². The second kappa shape index (κ2) is 11.5. The third kappa shape index (κ3) is 6.35. The number of nitrogens with one attached hydrogen (secondary N) is 1. The molecule has 178 valence electrons. The molecule has 2 heterocycles. The van der Waals surface area contributed by atoms with E-state index in [1.54, 1.807) is 10.8 Å². The molecule has 1 amide bonds. The van der Waals surface area contributed by atoms with Crippen molar-refractivity contribution in [3.05, 3.63) is 93.3 Å². The van der Waals surface area contributed by atoms with Gasteiger partial charge in [0.15, 0.2) is 0 Å². The van der Waals surface area contributed by atoms with Crippen molar-refractivity contribution in [2.45, 2.75) is 33.5 Å². The maximum absolute atomic E-state index is 12.5. The van der Waals surface area contributed by atoms with E-state index in [-0.39, 0.29) is 5.91 Å². The van der Waals surface area contributed by atoms with Gasteiger partial charge < -0.3 is 10.1 Å². The molecule has 1 aliphatic rings. The number of rotatable bonds is 8. The van der Waals surface area contributed by atoms with Crippen LogP contribution in [-0.2, 0) is 29.2 Å². The average molecular weight is 479 g/mol. The first-order chi connectivity index (χ1) is 16.5. The first-order valence-corrected chi connectivity index (χ1v) is 12.0. The predicted molar refractivity (Wildman–Crippen MR) is 136 cm³/mol. The molecule has 7 heteroatoms. The normalized spacial score (nSPS) is 14.6. The van der Waals surface area contributed by atoms with Crippen molar-refractivity contribution < 1.29 is 9.53 Å². The average Bonchev–Trinajstić information content (AvgIpc) is 3.11. The highest BCUT2D eigenvalue weighted by Gasteiger charge is 2.14. The summed E-state index contributed by atoms with van der Waals surface area (Å²) in [5, 5.41) is 8.08. The Bertz CT molecular complexity index is 1150. The summed E-state index contributed by atoms with van der Waals surface area (Å²) in [5.74, 6) is -0.164. The van der Waals surface area contributed by atoms with Crippen LogP contribution in [0.1, 0.15) is 33.5 Å². The van der Waals surface area contributed by atoms with E-state index in [9.17, 15) is 4.79 Å². The fourth-order valence-electron chi connectivity index (χ4n) is 4.01. The number of carbonyl (C=O) groups is 1. The quantitative estimate of drug-likeness (QED) is 0.488. The van der Waals surface area contributed by atoms with Crippen LogP contribution in [0.5, 0.6) is 0 Å². The van der Waals surface area contributed by atoms with Crippen molar-refractivity contribution in [1.29, 1.82) is 0 Å². The molecule has 0 unspecified atom stereocenters. The van der Waals surface area contributed by atoms with Crippen molar-refractivity contribution in [1.82, 2.24) is 20.0 Å². The lowest BCUT2D eigenvalue weighted by Crippen LogP contribution is -2.36. The van der Waals surface area contributed by atoms with Gasteiger partial charge in [-0.25, -0.2) is 4.68 Å². The Balaban J connectivity index is 1.36. The highest BCUT2D eigenvalue weighted by Crippen LogP contribution is 2.22. The number of carbonyl (C=O) groups excluding carboxylic acids is 1. The molecule has 1 saturated heterocycles. The van der Waals surface area contributed by atoms with Gasteiger partial charge in [-0.1, -0.05) is 65.7 Å². The summed E-state index contributed by atoms with van der Waals surface area (Å²) in [6, 6.07) is 16.5. The van der Waals surface area contributed by atoms with Gasteiger partial charge in [-0.3, -0.25) is 9.69 Å². The molecule has 0 bridgehead atoms. The van der Waals surface area contributed by atoms with Crippen LogP contribution in [0, 0.1) is 13.8 Å². The molecule has 3 aromatic rings. The molecule has 0 spiro atoms. The van der Waals surface area contributed by atoms with E-state index < -0.39 is 0 Å². The Kier molecular flexibility index (Phi) is 8.16. The Labute approximate surface area is 206 Å². The van der Waals surface area contributed by atoms with Gasteiger partial charge in [-0.2, -0.15) is 5.10 Å². The van der Waals surface area contributed by atoms with E-state index in [0.717, 1.165) is 55.2 Å². The summed E-state index contributed by atoms with van der Waals surface area (Å²) in [6.07, 6.45) is 3.27. The van der Waals surface area contributed by atoms with E-state index in [1.165, 1.54) is 17.2 Å². The Morgan fingerprint density at radius 3 is 2.50 bits per heavy atom. The topological polar surface area (TPSA) is 59.4 Å². The second-order valence-corrected chi connectivity index (χ2v) is 9.00. The van der Waals surface area contributed by atoms with Gasteiger partial charge in [-0.05, 0) is 36.6 Å². The van der Waals surface area contributed by atoms with Gasteiger partial charge in [0.05, 0.1) is 25.5 Å². The van der Waals surface area contributed by atoms with Gasteiger partial charge in [0.2, 0.25) is 5.91 Å². The van der Waals surface area contributed by atoms with Gasteiger partial charge in [-0.15, -0.1) is 0 Å². The number of amides is 1. The van der Waals surface area contributed by atoms with Gasteiger partial charge in [0.25, 0.3) is 0 Å². The summed E-state index contributed by atoms with van der Waals surface area (Å²) < 4.78 is 7.21. The van der Waals surface area contributed by atoms with Crippen molar-refractivity contribution in [2.24, 2.45) is 0 Å². The zero-order valence-electron chi connectivity index (χ0n) is 19.8. The third-order valence-electron chi connectivity index (χ3n) is 6.03. The maximum Gasteiger partial charge on any atom is 0.244 e. The lowest BCUT2D eigenvalue weighted by atomic mass is 10.1. The minimum atomic E-state index is -0.164. The minimum absolute atomic E-state index is 0.164. The first kappa shape index (κ1) is 24.2. The second-order valence-electron chi connectivity index (χ2n) is 8.64. The number of ether oxygens (including phenoxy) is 1. The number of hydrogen-bond acceptors (Lipinski definition) is 4. The number of hydrogen-bond donors (Lipinski definition) is 1. The molecule has 0 radical (unpaired) electrons. The lowest BCUT2D eigenvalue weighted by Gasteiger charge is -2.27. The number of nitrogens with zero attached hydrogens (tertiary/aromatic N) is 3. The molecule has 1 aliphatic heterocycles. The van der Waals surface area contributed by atoms with Crippen LogP contribution in [0.4, 0.5) is 0 Å². The van der Waals surface area contributed by atoms with E-state index in [4.69, 9.17) is 16.3 Å².